The Balaban J connectivity index is 1.35. The van der Waals surface area contributed by atoms with Gasteiger partial charge in [-0.25, -0.2) is 0 Å². The zero-order valence-electron chi connectivity index (χ0n) is 29.8. The van der Waals surface area contributed by atoms with E-state index in [-0.39, 0.29) is 0 Å². The molecule has 0 saturated carbocycles. The van der Waals surface area contributed by atoms with Crippen molar-refractivity contribution >= 4 is 0 Å². The second-order valence-corrected chi connectivity index (χ2v) is 15.1. The van der Waals surface area contributed by atoms with E-state index in [0.717, 1.165) is 19.6 Å². The highest BCUT2D eigenvalue weighted by molar-refractivity contribution is 5.83. The number of hydrogen-bond donors (Lipinski definition) is 1. The lowest BCUT2D eigenvalue weighted by atomic mass is 9.73. The molecule has 2 nitrogen and oxygen atoms in total. The first-order valence-corrected chi connectivity index (χ1v) is 18.5. The quantitative estimate of drug-likeness (QED) is 0.132. The van der Waals surface area contributed by atoms with Gasteiger partial charge in [-0.2, -0.15) is 0 Å². The smallest absolute Gasteiger partial charge is 0.0544 e. The van der Waals surface area contributed by atoms with Gasteiger partial charge in [0.2, 0.25) is 0 Å². The monoisotopic (exact) mass is 627 g/mol. The maximum absolute atomic E-state index is 5.61. The predicted octanol–water partition coefficient (Wildman–Crippen LogP) is 11.7. The van der Waals surface area contributed by atoms with Crippen molar-refractivity contribution in [3.63, 3.8) is 0 Å². The fraction of sp³-hybridized carbons (Fsp3) is 0.467. The van der Waals surface area contributed by atoms with Gasteiger partial charge in [-0.3, -0.25) is 0 Å². The van der Waals surface area contributed by atoms with Crippen molar-refractivity contribution < 1.29 is 4.74 Å². The van der Waals surface area contributed by atoms with Gasteiger partial charge in [-0.15, -0.1) is 0 Å². The van der Waals surface area contributed by atoms with E-state index in [4.69, 9.17) is 4.74 Å². The molecule has 2 fully saturated rings. The number of ether oxygens (including phenoxy) is 1. The molecule has 0 radical (unpaired) electrons. The number of nitrogens with one attached hydrogen (secondary N) is 1. The second kappa shape index (κ2) is 14.9. The maximum Gasteiger partial charge on any atom is 0.0544 e. The van der Waals surface area contributed by atoms with E-state index in [9.17, 15) is 0 Å². The highest BCUT2D eigenvalue weighted by atomic mass is 16.5. The molecule has 2 heterocycles. The summed E-state index contributed by atoms with van der Waals surface area (Å²) in [5.74, 6) is 0.507. The third-order valence-corrected chi connectivity index (χ3v) is 12.0. The summed E-state index contributed by atoms with van der Waals surface area (Å²) in [7, 11) is 0. The van der Waals surface area contributed by atoms with Gasteiger partial charge in [0.25, 0.3) is 0 Å². The van der Waals surface area contributed by atoms with Crippen molar-refractivity contribution in [1.82, 2.24) is 5.32 Å². The van der Waals surface area contributed by atoms with Gasteiger partial charge in [0.1, 0.15) is 0 Å². The summed E-state index contributed by atoms with van der Waals surface area (Å²) >= 11 is 0. The summed E-state index contributed by atoms with van der Waals surface area (Å²) in [6, 6.07) is 32.3. The summed E-state index contributed by atoms with van der Waals surface area (Å²) in [6.07, 6.45) is 11.2. The van der Waals surface area contributed by atoms with Crippen LogP contribution in [-0.2, 0) is 11.2 Å². The van der Waals surface area contributed by atoms with Crippen LogP contribution in [0.2, 0.25) is 0 Å². The molecule has 2 saturated heterocycles. The summed E-state index contributed by atoms with van der Waals surface area (Å²) < 4.78 is 5.61. The van der Waals surface area contributed by atoms with Crippen LogP contribution in [0, 0.1) is 24.7 Å². The fourth-order valence-corrected chi connectivity index (χ4v) is 8.17. The van der Waals surface area contributed by atoms with Gasteiger partial charge in [0.15, 0.2) is 0 Å². The summed E-state index contributed by atoms with van der Waals surface area (Å²) in [5, 5.41) is 3.54. The average Bonchev–Trinajstić information content (AvgIpc) is 3.05. The minimum Gasteiger partial charge on any atom is -0.380 e. The number of unbranched alkanes of at least 4 members (excludes halogenated alkanes) is 2. The largest absolute Gasteiger partial charge is 0.380 e. The second-order valence-electron chi connectivity index (χ2n) is 15.1. The van der Waals surface area contributed by atoms with Gasteiger partial charge >= 0.3 is 0 Å². The Morgan fingerprint density at radius 1 is 0.660 bits per heavy atom. The zero-order chi connectivity index (χ0) is 32.9. The number of benzene rings is 4. The van der Waals surface area contributed by atoms with Crippen LogP contribution in [0.5, 0.6) is 0 Å². The van der Waals surface area contributed by atoms with E-state index in [1.165, 1.54) is 120 Å². The maximum atomic E-state index is 5.61. The average molecular weight is 628 g/mol. The van der Waals surface area contributed by atoms with E-state index < -0.39 is 0 Å². The SMILES string of the molecule is CCC1(CCC(C)c2ccc(-c3cccc(-c4ccccc4C)c3CCCCCC3(CC)COC3)cc2-c2ccccc2C)CNC1. The first kappa shape index (κ1) is 33.7. The minimum absolute atomic E-state index is 0.445. The Kier molecular flexibility index (Phi) is 10.7. The molecule has 2 aliphatic heterocycles. The molecule has 4 aromatic carbocycles. The van der Waals surface area contributed by atoms with Gasteiger partial charge in [-0.1, -0.05) is 112 Å². The lowest BCUT2D eigenvalue weighted by Gasteiger charge is -2.43. The van der Waals surface area contributed by atoms with Crippen LogP contribution < -0.4 is 5.32 Å². The van der Waals surface area contributed by atoms with Crippen molar-refractivity contribution in [3.8, 4) is 33.4 Å². The lowest BCUT2D eigenvalue weighted by molar-refractivity contribution is -0.120. The lowest BCUT2D eigenvalue weighted by Crippen LogP contribution is -2.53. The van der Waals surface area contributed by atoms with Crippen LogP contribution in [0.1, 0.15) is 100 Å². The molecule has 4 aromatic rings. The van der Waals surface area contributed by atoms with Crippen LogP contribution in [0.15, 0.2) is 84.9 Å². The van der Waals surface area contributed by atoms with E-state index in [2.05, 4.69) is 125 Å². The van der Waals surface area contributed by atoms with E-state index in [0.29, 0.717) is 16.7 Å². The molecule has 0 aliphatic carbocycles. The number of hydrogen-bond acceptors (Lipinski definition) is 2. The Labute approximate surface area is 285 Å². The predicted molar refractivity (Wildman–Crippen MR) is 201 cm³/mol. The Morgan fingerprint density at radius 3 is 1.89 bits per heavy atom. The van der Waals surface area contributed by atoms with Crippen LogP contribution >= 0.6 is 0 Å². The molecule has 248 valence electrons. The summed E-state index contributed by atoms with van der Waals surface area (Å²) in [6.45, 7) is 15.9. The first-order chi connectivity index (χ1) is 22.9. The molecule has 0 aromatic heterocycles. The fourth-order valence-electron chi connectivity index (χ4n) is 8.17. The summed E-state index contributed by atoms with van der Waals surface area (Å²) in [5.41, 5.74) is 14.9. The Hall–Kier alpha value is -3.20. The highest BCUT2D eigenvalue weighted by Crippen LogP contribution is 2.42. The third kappa shape index (κ3) is 7.30. The zero-order valence-corrected chi connectivity index (χ0v) is 29.8. The molecule has 47 heavy (non-hydrogen) atoms. The van der Waals surface area contributed by atoms with Crippen molar-refractivity contribution in [2.24, 2.45) is 10.8 Å². The Morgan fingerprint density at radius 2 is 1.30 bits per heavy atom. The molecule has 6 rings (SSSR count). The topological polar surface area (TPSA) is 21.3 Å². The normalized spacial score (nSPS) is 17.1. The van der Waals surface area contributed by atoms with Gasteiger partial charge in [-0.05, 0) is 132 Å². The first-order valence-electron chi connectivity index (χ1n) is 18.5. The van der Waals surface area contributed by atoms with Crippen molar-refractivity contribution in [2.45, 2.75) is 98.3 Å². The molecule has 0 bridgehead atoms. The molecule has 2 aliphatic rings. The summed E-state index contributed by atoms with van der Waals surface area (Å²) in [4.78, 5) is 0. The van der Waals surface area contributed by atoms with Crippen molar-refractivity contribution in [2.75, 3.05) is 26.3 Å². The van der Waals surface area contributed by atoms with E-state index in [1.807, 2.05) is 0 Å². The molecule has 1 atom stereocenters. The van der Waals surface area contributed by atoms with Crippen LogP contribution in [0.3, 0.4) is 0 Å². The molecule has 0 amide bonds. The van der Waals surface area contributed by atoms with Crippen LogP contribution in [0.25, 0.3) is 33.4 Å². The van der Waals surface area contributed by atoms with Gasteiger partial charge in [0, 0.05) is 18.5 Å². The van der Waals surface area contributed by atoms with E-state index >= 15 is 0 Å². The van der Waals surface area contributed by atoms with E-state index in [1.54, 1.807) is 0 Å². The molecule has 1 unspecified atom stereocenters. The van der Waals surface area contributed by atoms with Crippen LogP contribution in [-0.4, -0.2) is 26.3 Å². The number of rotatable bonds is 15. The van der Waals surface area contributed by atoms with Crippen LogP contribution in [0.4, 0.5) is 0 Å². The van der Waals surface area contributed by atoms with Crippen molar-refractivity contribution in [1.29, 1.82) is 0 Å². The molecule has 0 spiro atoms. The number of aryl methyl sites for hydroxylation is 2. The molecule has 2 heteroatoms. The third-order valence-electron chi connectivity index (χ3n) is 12.0. The molecular weight excluding hydrogens is 571 g/mol. The van der Waals surface area contributed by atoms with Gasteiger partial charge < -0.3 is 10.1 Å². The molecule has 1 N–H and O–H groups in total. The van der Waals surface area contributed by atoms with Crippen molar-refractivity contribution in [3.05, 3.63) is 107 Å². The molecular formula is C45H57NO. The standard InChI is InChI=1S/C45H57NO/c1-6-44(29-46-30-44)27-25-35(5)39-24-23-36(28-43(39)38-19-13-11-17-34(38)4)40-21-15-22-41(37-18-12-10-16-33(37)3)42(40)20-9-8-14-26-45(7-2)31-47-32-45/h10-13,15-19,21-24,28,35,46H,6-9,14,20,25-27,29-32H2,1-5H3. The highest BCUT2D eigenvalue weighted by Gasteiger charge is 2.36. The Bertz CT molecular complexity index is 1630. The van der Waals surface area contributed by atoms with Gasteiger partial charge in [0.05, 0.1) is 13.2 Å². The minimum atomic E-state index is 0.445.